The van der Waals surface area contributed by atoms with Crippen molar-refractivity contribution in [2.45, 2.75) is 52.2 Å². The van der Waals surface area contributed by atoms with Gasteiger partial charge in [0.05, 0.1) is 5.41 Å². The fourth-order valence-corrected chi connectivity index (χ4v) is 4.04. The summed E-state index contributed by atoms with van der Waals surface area (Å²) in [5.74, 6) is -1.86. The minimum atomic E-state index is -1.27. The molecule has 0 unspecified atom stereocenters. The van der Waals surface area contributed by atoms with Crippen molar-refractivity contribution in [3.05, 3.63) is 18.0 Å². The second-order valence-electron chi connectivity index (χ2n) is 8.02. The lowest BCUT2D eigenvalue weighted by atomic mass is 9.82. The standard InChI is InChI=1S/C18H24N2O6S/c1-16(2,14(22)23)8-17(3,4)26-10-6-7-19-11(12(10)21)13-20-18(5,9-27-13)15(24)25/h6-7,21H,8-9H2,1-5H3,(H,22,23)(H,24,25)/t18-/m1/s1. The lowest BCUT2D eigenvalue weighted by Crippen LogP contribution is -2.38. The molecule has 148 valence electrons. The molecule has 0 amide bonds. The number of carbonyl (C=O) groups is 2. The number of thioether (sulfide) groups is 1. The van der Waals surface area contributed by atoms with E-state index in [4.69, 9.17) is 4.74 Å². The predicted octanol–water partition coefficient (Wildman–Crippen LogP) is 2.78. The zero-order chi connectivity index (χ0) is 20.6. The van der Waals surface area contributed by atoms with Gasteiger partial charge in [-0.05, 0) is 34.6 Å². The van der Waals surface area contributed by atoms with Crippen molar-refractivity contribution in [1.29, 1.82) is 0 Å². The van der Waals surface area contributed by atoms with Crippen LogP contribution in [0, 0.1) is 5.41 Å². The summed E-state index contributed by atoms with van der Waals surface area (Å²) in [7, 11) is 0. The van der Waals surface area contributed by atoms with Crippen LogP contribution in [0.25, 0.3) is 0 Å². The van der Waals surface area contributed by atoms with Gasteiger partial charge in [0.2, 0.25) is 0 Å². The van der Waals surface area contributed by atoms with Crippen LogP contribution in [0.3, 0.4) is 0 Å². The van der Waals surface area contributed by atoms with Gasteiger partial charge in [-0.15, -0.1) is 11.8 Å². The van der Waals surface area contributed by atoms with Gasteiger partial charge < -0.3 is 20.1 Å². The van der Waals surface area contributed by atoms with Gasteiger partial charge in [0.25, 0.3) is 0 Å². The quantitative estimate of drug-likeness (QED) is 0.641. The summed E-state index contributed by atoms with van der Waals surface area (Å²) in [5.41, 5.74) is -3.01. The molecule has 0 fully saturated rings. The molecule has 2 heterocycles. The molecule has 0 saturated heterocycles. The minimum Gasteiger partial charge on any atom is -0.503 e. The third kappa shape index (κ3) is 4.52. The first kappa shape index (κ1) is 21.0. The number of aliphatic imine (C=N–C) groups is 1. The van der Waals surface area contributed by atoms with Gasteiger partial charge in [-0.3, -0.25) is 9.79 Å². The highest BCUT2D eigenvalue weighted by Crippen LogP contribution is 2.39. The fourth-order valence-electron chi connectivity index (χ4n) is 2.88. The Morgan fingerprint density at radius 3 is 2.44 bits per heavy atom. The molecule has 0 saturated carbocycles. The summed E-state index contributed by atoms with van der Waals surface area (Å²) in [6, 6.07) is 1.48. The van der Waals surface area contributed by atoms with Crippen molar-refractivity contribution < 1.29 is 29.6 Å². The van der Waals surface area contributed by atoms with Gasteiger partial charge in [-0.25, -0.2) is 9.78 Å². The highest BCUT2D eigenvalue weighted by Gasteiger charge is 2.40. The molecule has 2 rings (SSSR count). The molecule has 1 aliphatic rings. The van der Waals surface area contributed by atoms with E-state index in [1.54, 1.807) is 27.7 Å². The normalized spacial score (nSPS) is 20.3. The molecular weight excluding hydrogens is 372 g/mol. The number of aromatic nitrogens is 1. The van der Waals surface area contributed by atoms with Crippen molar-refractivity contribution >= 4 is 28.7 Å². The van der Waals surface area contributed by atoms with Gasteiger partial charge in [-0.1, -0.05) is 0 Å². The minimum absolute atomic E-state index is 0.137. The average molecular weight is 396 g/mol. The van der Waals surface area contributed by atoms with E-state index in [2.05, 4.69) is 9.98 Å². The van der Waals surface area contributed by atoms with Crippen LogP contribution in [0.5, 0.6) is 11.5 Å². The maximum absolute atomic E-state index is 11.4. The van der Waals surface area contributed by atoms with Crippen molar-refractivity contribution in [1.82, 2.24) is 4.98 Å². The van der Waals surface area contributed by atoms with Crippen LogP contribution >= 0.6 is 11.8 Å². The van der Waals surface area contributed by atoms with Crippen LogP contribution in [0.4, 0.5) is 0 Å². The average Bonchev–Trinajstić information content (AvgIpc) is 2.91. The first-order valence-electron chi connectivity index (χ1n) is 8.34. The number of carboxylic acid groups (broad SMARTS) is 2. The maximum atomic E-state index is 11.4. The van der Waals surface area contributed by atoms with Crippen LogP contribution in [0.1, 0.15) is 46.7 Å². The molecule has 1 atom stereocenters. The first-order chi connectivity index (χ1) is 12.3. The summed E-state index contributed by atoms with van der Waals surface area (Å²) >= 11 is 1.20. The van der Waals surface area contributed by atoms with Gasteiger partial charge in [0, 0.05) is 24.4 Å². The molecule has 0 bridgehead atoms. The zero-order valence-electron chi connectivity index (χ0n) is 15.9. The van der Waals surface area contributed by atoms with E-state index in [0.29, 0.717) is 5.04 Å². The Labute approximate surface area is 161 Å². The van der Waals surface area contributed by atoms with E-state index in [1.165, 1.54) is 30.9 Å². The smallest absolute Gasteiger partial charge is 0.332 e. The van der Waals surface area contributed by atoms with Crippen molar-refractivity contribution in [2.75, 3.05) is 5.75 Å². The first-order valence-corrected chi connectivity index (χ1v) is 9.33. The molecule has 9 heteroatoms. The largest absolute Gasteiger partial charge is 0.503 e. The van der Waals surface area contributed by atoms with Gasteiger partial charge in [0.15, 0.2) is 17.0 Å². The topological polar surface area (TPSA) is 129 Å². The maximum Gasteiger partial charge on any atom is 0.332 e. The number of pyridine rings is 1. The van der Waals surface area contributed by atoms with Gasteiger partial charge in [-0.2, -0.15) is 0 Å². The molecule has 0 aromatic carbocycles. The third-order valence-electron chi connectivity index (χ3n) is 4.22. The summed E-state index contributed by atoms with van der Waals surface area (Å²) in [6.07, 6.45) is 1.64. The molecule has 1 aliphatic heterocycles. The molecule has 8 nitrogen and oxygen atoms in total. The highest BCUT2D eigenvalue weighted by molar-refractivity contribution is 8.14. The summed E-state index contributed by atoms with van der Waals surface area (Å²) < 4.78 is 5.88. The third-order valence-corrected chi connectivity index (χ3v) is 5.49. The zero-order valence-corrected chi connectivity index (χ0v) is 16.8. The Balaban J connectivity index is 2.30. The van der Waals surface area contributed by atoms with E-state index in [-0.39, 0.29) is 29.4 Å². The number of nitrogens with zero attached hydrogens (tertiary/aromatic N) is 2. The Kier molecular flexibility index (Phi) is 5.47. The number of aliphatic carboxylic acids is 2. The van der Waals surface area contributed by atoms with Gasteiger partial charge in [0.1, 0.15) is 16.3 Å². The molecule has 1 aromatic rings. The molecule has 0 spiro atoms. The summed E-state index contributed by atoms with van der Waals surface area (Å²) in [6.45, 7) is 8.19. The van der Waals surface area contributed by atoms with Crippen LogP contribution < -0.4 is 4.74 Å². The fraction of sp³-hybridized carbons (Fsp3) is 0.556. The Morgan fingerprint density at radius 1 is 1.30 bits per heavy atom. The lowest BCUT2D eigenvalue weighted by molar-refractivity contribution is -0.149. The van der Waals surface area contributed by atoms with Crippen molar-refractivity contribution in [3.8, 4) is 11.5 Å². The monoisotopic (exact) mass is 396 g/mol. The van der Waals surface area contributed by atoms with E-state index in [0.717, 1.165) is 0 Å². The SMILES string of the molecule is CC(C)(CC(C)(C)C(=O)O)Oc1ccnc(C2=N[C@@](C)(C(=O)O)CS2)c1O. The van der Waals surface area contributed by atoms with Crippen molar-refractivity contribution in [2.24, 2.45) is 10.4 Å². The van der Waals surface area contributed by atoms with E-state index in [9.17, 15) is 24.9 Å². The van der Waals surface area contributed by atoms with Crippen LogP contribution in [0.15, 0.2) is 17.3 Å². The molecule has 1 aromatic heterocycles. The molecule has 3 N–H and O–H groups in total. The second-order valence-corrected chi connectivity index (χ2v) is 8.98. The van der Waals surface area contributed by atoms with E-state index >= 15 is 0 Å². The van der Waals surface area contributed by atoms with Gasteiger partial charge >= 0.3 is 11.9 Å². The van der Waals surface area contributed by atoms with Crippen LogP contribution in [0.2, 0.25) is 0 Å². The summed E-state index contributed by atoms with van der Waals surface area (Å²) in [4.78, 5) is 31.0. The number of aromatic hydroxyl groups is 1. The molecule has 0 radical (unpaired) electrons. The number of hydrogen-bond acceptors (Lipinski definition) is 7. The molecule has 0 aliphatic carbocycles. The van der Waals surface area contributed by atoms with E-state index < -0.39 is 28.5 Å². The Morgan fingerprint density at radius 2 is 1.93 bits per heavy atom. The number of hydrogen-bond donors (Lipinski definition) is 3. The second kappa shape index (κ2) is 7.03. The van der Waals surface area contributed by atoms with Crippen LogP contribution in [-0.4, -0.2) is 54.2 Å². The number of ether oxygens (including phenoxy) is 1. The Hall–Kier alpha value is -2.29. The highest BCUT2D eigenvalue weighted by atomic mass is 32.2. The number of rotatable bonds is 7. The number of carboxylic acids is 2. The predicted molar refractivity (Wildman–Crippen MR) is 102 cm³/mol. The lowest BCUT2D eigenvalue weighted by Gasteiger charge is -2.33. The molecular formula is C18H24N2O6S. The summed E-state index contributed by atoms with van der Waals surface area (Å²) in [5, 5.41) is 29.5. The van der Waals surface area contributed by atoms with E-state index in [1.807, 2.05) is 0 Å². The van der Waals surface area contributed by atoms with Crippen molar-refractivity contribution in [3.63, 3.8) is 0 Å². The Bertz CT molecular complexity index is 805. The molecule has 27 heavy (non-hydrogen) atoms. The van der Waals surface area contributed by atoms with Crippen LogP contribution in [-0.2, 0) is 9.59 Å².